The zero-order valence-corrected chi connectivity index (χ0v) is 15.2. The summed E-state index contributed by atoms with van der Waals surface area (Å²) >= 11 is 1.79. The second-order valence-electron chi connectivity index (χ2n) is 5.57. The maximum atomic E-state index is 4.67. The number of nitrogens with one attached hydrogen (secondary N) is 2. The van der Waals surface area contributed by atoms with Crippen LogP contribution >= 0.6 is 11.3 Å². The Hall–Kier alpha value is -2.60. The van der Waals surface area contributed by atoms with E-state index < -0.39 is 0 Å². The Morgan fingerprint density at radius 1 is 1.16 bits per heavy atom. The number of nitrogens with zero attached hydrogens (tertiary/aromatic N) is 3. The Morgan fingerprint density at radius 2 is 2.04 bits per heavy atom. The molecule has 0 spiro atoms. The minimum atomic E-state index is 0.647. The average Bonchev–Trinajstić information content (AvgIpc) is 3.34. The predicted molar refractivity (Wildman–Crippen MR) is 104 cm³/mol. The molecule has 6 heteroatoms. The van der Waals surface area contributed by atoms with Crippen molar-refractivity contribution in [3.05, 3.63) is 70.7 Å². The number of benzene rings is 1. The topological polar surface area (TPSA) is 54.2 Å². The normalized spacial score (nSPS) is 11.5. The Balaban J connectivity index is 1.55. The van der Waals surface area contributed by atoms with Gasteiger partial charge < -0.3 is 10.6 Å². The van der Waals surface area contributed by atoms with Crippen molar-refractivity contribution in [2.24, 2.45) is 4.99 Å². The van der Waals surface area contributed by atoms with E-state index >= 15 is 0 Å². The SMILES string of the molecule is CCNC(=NCc1ccc(-n2cccn2)cc1)NCCc1cccs1. The van der Waals surface area contributed by atoms with Gasteiger partial charge in [0.2, 0.25) is 0 Å². The minimum Gasteiger partial charge on any atom is -0.357 e. The van der Waals surface area contributed by atoms with Crippen molar-refractivity contribution in [3.8, 4) is 5.69 Å². The second kappa shape index (κ2) is 9.03. The Morgan fingerprint density at radius 3 is 2.72 bits per heavy atom. The lowest BCUT2D eigenvalue weighted by Crippen LogP contribution is -2.38. The number of hydrogen-bond donors (Lipinski definition) is 2. The molecule has 5 nitrogen and oxygen atoms in total. The van der Waals surface area contributed by atoms with Gasteiger partial charge >= 0.3 is 0 Å². The van der Waals surface area contributed by atoms with Gasteiger partial charge in [-0.05, 0) is 48.6 Å². The second-order valence-corrected chi connectivity index (χ2v) is 6.60. The first-order valence-corrected chi connectivity index (χ1v) is 9.36. The van der Waals surface area contributed by atoms with Gasteiger partial charge in [-0.2, -0.15) is 5.10 Å². The number of aromatic nitrogens is 2. The van der Waals surface area contributed by atoms with Crippen LogP contribution < -0.4 is 10.6 Å². The largest absolute Gasteiger partial charge is 0.357 e. The summed E-state index contributed by atoms with van der Waals surface area (Å²) < 4.78 is 1.85. The van der Waals surface area contributed by atoms with E-state index in [0.29, 0.717) is 6.54 Å². The molecule has 0 saturated carbocycles. The number of rotatable bonds is 7. The highest BCUT2D eigenvalue weighted by atomic mass is 32.1. The van der Waals surface area contributed by atoms with Crippen molar-refractivity contribution in [2.75, 3.05) is 13.1 Å². The molecule has 1 aromatic carbocycles. The molecule has 0 saturated heterocycles. The molecular weight excluding hydrogens is 330 g/mol. The molecular formula is C19H23N5S. The fraction of sp³-hybridized carbons (Fsp3) is 0.263. The van der Waals surface area contributed by atoms with Gasteiger partial charge in [0.15, 0.2) is 5.96 Å². The molecule has 25 heavy (non-hydrogen) atoms. The smallest absolute Gasteiger partial charge is 0.191 e. The van der Waals surface area contributed by atoms with E-state index in [9.17, 15) is 0 Å². The van der Waals surface area contributed by atoms with Crippen LogP contribution in [0.1, 0.15) is 17.4 Å². The van der Waals surface area contributed by atoms with E-state index in [0.717, 1.165) is 31.2 Å². The van der Waals surface area contributed by atoms with Gasteiger partial charge in [0.25, 0.3) is 0 Å². The maximum Gasteiger partial charge on any atom is 0.191 e. The van der Waals surface area contributed by atoms with Crippen molar-refractivity contribution in [2.45, 2.75) is 19.9 Å². The van der Waals surface area contributed by atoms with Crippen LogP contribution in [0.3, 0.4) is 0 Å². The minimum absolute atomic E-state index is 0.647. The number of aliphatic imine (C=N–C) groups is 1. The molecule has 130 valence electrons. The first-order chi connectivity index (χ1) is 12.3. The molecule has 0 atom stereocenters. The Labute approximate surface area is 152 Å². The van der Waals surface area contributed by atoms with Crippen LogP contribution in [0.4, 0.5) is 0 Å². The lowest BCUT2D eigenvalue weighted by Gasteiger charge is -2.11. The van der Waals surface area contributed by atoms with E-state index in [4.69, 9.17) is 0 Å². The summed E-state index contributed by atoms with van der Waals surface area (Å²) in [7, 11) is 0. The molecule has 0 aliphatic carbocycles. The summed E-state index contributed by atoms with van der Waals surface area (Å²) in [5.41, 5.74) is 2.23. The van der Waals surface area contributed by atoms with Crippen LogP contribution in [0.2, 0.25) is 0 Å². The lowest BCUT2D eigenvalue weighted by molar-refractivity contribution is 0.804. The van der Waals surface area contributed by atoms with Crippen LogP contribution in [-0.4, -0.2) is 28.8 Å². The summed E-state index contributed by atoms with van der Waals surface area (Å²) in [5, 5.41) is 13.0. The lowest BCUT2D eigenvalue weighted by atomic mass is 10.2. The summed E-state index contributed by atoms with van der Waals surface area (Å²) in [6, 6.07) is 14.5. The van der Waals surface area contributed by atoms with Crippen LogP contribution in [0.5, 0.6) is 0 Å². The van der Waals surface area contributed by atoms with E-state index in [1.54, 1.807) is 17.5 Å². The molecule has 0 fully saturated rings. The van der Waals surface area contributed by atoms with Gasteiger partial charge in [-0.3, -0.25) is 0 Å². The molecule has 2 N–H and O–H groups in total. The van der Waals surface area contributed by atoms with E-state index in [2.05, 4.69) is 69.4 Å². The third kappa shape index (κ3) is 5.19. The first-order valence-electron chi connectivity index (χ1n) is 8.48. The van der Waals surface area contributed by atoms with E-state index in [1.807, 2.05) is 16.9 Å². The number of thiophene rings is 1. The highest BCUT2D eigenvalue weighted by molar-refractivity contribution is 7.09. The molecule has 0 aliphatic rings. The van der Waals surface area contributed by atoms with Gasteiger partial charge in [-0.15, -0.1) is 11.3 Å². The highest BCUT2D eigenvalue weighted by Crippen LogP contribution is 2.10. The molecule has 0 unspecified atom stereocenters. The molecule has 3 rings (SSSR count). The Kier molecular flexibility index (Phi) is 6.23. The van der Waals surface area contributed by atoms with E-state index in [1.165, 1.54) is 10.4 Å². The summed E-state index contributed by atoms with van der Waals surface area (Å²) in [6.07, 6.45) is 4.73. The standard InChI is InChI=1S/C19H23N5S/c1-2-20-19(21-12-10-18-5-3-14-25-18)22-15-16-6-8-17(9-7-16)24-13-4-11-23-24/h3-9,11,13-14H,2,10,12,15H2,1H3,(H2,20,21,22). The molecule has 0 aliphatic heterocycles. The molecule has 2 aromatic heterocycles. The molecule has 0 bridgehead atoms. The number of guanidine groups is 1. The van der Waals surface area contributed by atoms with Crippen molar-refractivity contribution < 1.29 is 0 Å². The van der Waals surface area contributed by atoms with Gasteiger partial charge in [0.1, 0.15) is 0 Å². The molecule has 3 aromatic rings. The zero-order valence-electron chi connectivity index (χ0n) is 14.4. The van der Waals surface area contributed by atoms with Crippen LogP contribution in [0, 0.1) is 0 Å². The monoisotopic (exact) mass is 353 g/mol. The third-order valence-corrected chi connectivity index (χ3v) is 4.65. The molecule has 0 amide bonds. The van der Waals surface area contributed by atoms with Crippen LogP contribution in [0.25, 0.3) is 5.69 Å². The fourth-order valence-electron chi connectivity index (χ4n) is 2.45. The van der Waals surface area contributed by atoms with Crippen LogP contribution in [0.15, 0.2) is 65.2 Å². The summed E-state index contributed by atoms with van der Waals surface area (Å²) in [5.74, 6) is 0.857. The third-order valence-electron chi connectivity index (χ3n) is 3.71. The number of hydrogen-bond acceptors (Lipinski definition) is 3. The van der Waals surface area contributed by atoms with Gasteiger partial charge in [0, 0.05) is 30.4 Å². The molecule has 0 radical (unpaired) electrons. The van der Waals surface area contributed by atoms with Crippen LogP contribution in [-0.2, 0) is 13.0 Å². The van der Waals surface area contributed by atoms with Gasteiger partial charge in [-0.1, -0.05) is 18.2 Å². The quantitative estimate of drug-likeness (QED) is 0.506. The van der Waals surface area contributed by atoms with Crippen molar-refractivity contribution >= 4 is 17.3 Å². The first kappa shape index (κ1) is 17.2. The fourth-order valence-corrected chi connectivity index (χ4v) is 3.16. The maximum absolute atomic E-state index is 4.67. The van der Waals surface area contributed by atoms with Crippen molar-refractivity contribution in [3.63, 3.8) is 0 Å². The highest BCUT2D eigenvalue weighted by Gasteiger charge is 2.00. The zero-order chi connectivity index (χ0) is 17.3. The summed E-state index contributed by atoms with van der Waals surface area (Å²) in [6.45, 7) is 4.46. The predicted octanol–water partition coefficient (Wildman–Crippen LogP) is 3.23. The average molecular weight is 353 g/mol. The van der Waals surface area contributed by atoms with E-state index in [-0.39, 0.29) is 0 Å². The van der Waals surface area contributed by atoms with Gasteiger partial charge in [-0.25, -0.2) is 9.67 Å². The summed E-state index contributed by atoms with van der Waals surface area (Å²) in [4.78, 5) is 6.06. The van der Waals surface area contributed by atoms with Crippen molar-refractivity contribution in [1.29, 1.82) is 0 Å². The molecule has 2 heterocycles. The Bertz CT molecular complexity index is 761. The van der Waals surface area contributed by atoms with Crippen molar-refractivity contribution in [1.82, 2.24) is 20.4 Å². The van der Waals surface area contributed by atoms with Gasteiger partial charge in [0.05, 0.1) is 12.2 Å².